The molecule has 2 aromatic carbocycles. The monoisotopic (exact) mass is 442 g/mol. The first-order valence-electron chi connectivity index (χ1n) is 8.99. The van der Waals surface area contributed by atoms with Gasteiger partial charge in [0.2, 0.25) is 15.9 Å². The Morgan fingerprint density at radius 3 is 2.07 bits per heavy atom. The van der Waals surface area contributed by atoms with Gasteiger partial charge in [0.1, 0.15) is 6.04 Å². The zero-order valence-corrected chi connectivity index (χ0v) is 18.2. The molecule has 0 saturated heterocycles. The highest BCUT2D eigenvalue weighted by Gasteiger charge is 2.31. The summed E-state index contributed by atoms with van der Waals surface area (Å²) in [6, 6.07) is 13.1. The minimum Gasteiger partial charge on any atom is -0.354 e. The molecule has 152 valence electrons. The third-order valence-corrected chi connectivity index (χ3v) is 5.95. The lowest BCUT2D eigenvalue weighted by Crippen LogP contribution is -2.49. The highest BCUT2D eigenvalue weighted by molar-refractivity contribution is 7.92. The fourth-order valence-electron chi connectivity index (χ4n) is 2.92. The van der Waals surface area contributed by atoms with Crippen molar-refractivity contribution >= 4 is 44.8 Å². The zero-order chi connectivity index (χ0) is 20.7. The molecule has 0 spiro atoms. The molecule has 28 heavy (non-hydrogen) atoms. The molecule has 0 aromatic heterocycles. The van der Waals surface area contributed by atoms with E-state index in [-0.39, 0.29) is 5.91 Å². The molecule has 0 bridgehead atoms. The van der Waals surface area contributed by atoms with Crippen molar-refractivity contribution in [1.82, 2.24) is 5.32 Å². The predicted molar refractivity (Wildman–Crippen MR) is 116 cm³/mol. The van der Waals surface area contributed by atoms with Crippen LogP contribution in [0.5, 0.6) is 0 Å². The lowest BCUT2D eigenvalue weighted by Gasteiger charge is -2.30. The fraction of sp³-hybridized carbons (Fsp3) is 0.350. The number of aryl methyl sites for hydroxylation is 1. The number of carbonyl (C=O) groups is 1. The van der Waals surface area contributed by atoms with Crippen molar-refractivity contribution in [3.63, 3.8) is 0 Å². The van der Waals surface area contributed by atoms with Gasteiger partial charge < -0.3 is 5.32 Å². The summed E-state index contributed by atoms with van der Waals surface area (Å²) in [4.78, 5) is 12.7. The first-order valence-corrected chi connectivity index (χ1v) is 11.6. The first kappa shape index (κ1) is 22.5. The summed E-state index contributed by atoms with van der Waals surface area (Å²) < 4.78 is 25.9. The molecule has 0 radical (unpaired) electrons. The molecular weight excluding hydrogens is 419 g/mol. The van der Waals surface area contributed by atoms with Gasteiger partial charge in [-0.15, -0.1) is 0 Å². The average molecular weight is 443 g/mol. The Morgan fingerprint density at radius 2 is 1.57 bits per heavy atom. The maximum absolute atomic E-state index is 12.7. The van der Waals surface area contributed by atoms with Crippen LogP contribution >= 0.6 is 23.2 Å². The Balaban J connectivity index is 2.02. The summed E-state index contributed by atoms with van der Waals surface area (Å²) in [5, 5.41) is 4.04. The van der Waals surface area contributed by atoms with Crippen molar-refractivity contribution in [1.29, 1.82) is 0 Å². The topological polar surface area (TPSA) is 66.5 Å². The smallest absolute Gasteiger partial charge is 0.243 e. The van der Waals surface area contributed by atoms with Gasteiger partial charge in [0.25, 0.3) is 0 Å². The number of nitrogens with one attached hydrogen (secondary N) is 1. The third kappa shape index (κ3) is 6.40. The molecule has 8 heteroatoms. The number of amides is 1. The molecule has 2 rings (SSSR count). The lowest BCUT2D eigenvalue weighted by molar-refractivity contribution is -0.122. The molecule has 1 N–H and O–H groups in total. The van der Waals surface area contributed by atoms with Crippen LogP contribution in [0, 0.1) is 0 Å². The van der Waals surface area contributed by atoms with Gasteiger partial charge in [-0.2, -0.15) is 0 Å². The van der Waals surface area contributed by atoms with Crippen LogP contribution in [0.25, 0.3) is 0 Å². The van der Waals surface area contributed by atoms with E-state index in [4.69, 9.17) is 23.2 Å². The number of carbonyl (C=O) groups excluding carboxylic acids is 1. The summed E-state index contributed by atoms with van der Waals surface area (Å²) in [5.74, 6) is -0.320. The molecule has 1 atom stereocenters. The van der Waals surface area contributed by atoms with Crippen LogP contribution in [0.2, 0.25) is 10.0 Å². The van der Waals surface area contributed by atoms with E-state index in [1.54, 1.807) is 31.2 Å². The van der Waals surface area contributed by atoms with Crippen molar-refractivity contribution in [2.75, 3.05) is 17.1 Å². The van der Waals surface area contributed by atoms with Gasteiger partial charge in [-0.05, 0) is 61.2 Å². The fourth-order valence-corrected chi connectivity index (χ4v) is 4.38. The number of hydrogen-bond donors (Lipinski definition) is 1. The van der Waals surface area contributed by atoms with E-state index in [0.717, 1.165) is 29.0 Å². The second kappa shape index (κ2) is 10.1. The number of sulfonamides is 1. The normalized spacial score (nSPS) is 12.4. The molecule has 2 aromatic rings. The van der Waals surface area contributed by atoms with Gasteiger partial charge in [0.05, 0.1) is 11.9 Å². The molecule has 5 nitrogen and oxygen atoms in total. The number of halogens is 2. The zero-order valence-electron chi connectivity index (χ0n) is 15.9. The summed E-state index contributed by atoms with van der Waals surface area (Å²) in [6.07, 6.45) is 2.97. The highest BCUT2D eigenvalue weighted by atomic mass is 35.5. The molecule has 0 aliphatic rings. The molecule has 1 unspecified atom stereocenters. The van der Waals surface area contributed by atoms with E-state index in [9.17, 15) is 13.2 Å². The second-order valence-electron chi connectivity index (χ2n) is 6.48. The molecule has 0 aliphatic heterocycles. The Bertz CT molecular complexity index is 885. The van der Waals surface area contributed by atoms with Crippen LogP contribution in [0.3, 0.4) is 0 Å². The quantitative estimate of drug-likeness (QED) is 0.588. The van der Waals surface area contributed by atoms with Gasteiger partial charge in [-0.25, -0.2) is 8.42 Å². The minimum atomic E-state index is -3.65. The van der Waals surface area contributed by atoms with E-state index in [2.05, 4.69) is 5.32 Å². The standard InChI is InChI=1S/C20H24Cl2N2O3S/c1-3-19(24(28(2,26)27)18-12-10-17(22)11-13-18)20(25)23-14-4-5-15-6-8-16(21)9-7-15/h6-13,19H,3-5,14H2,1-2H3,(H,23,25). The van der Waals surface area contributed by atoms with E-state index in [1.165, 1.54) is 0 Å². The average Bonchev–Trinajstić information content (AvgIpc) is 2.64. The molecule has 1 amide bonds. The Morgan fingerprint density at radius 1 is 1.04 bits per heavy atom. The van der Waals surface area contributed by atoms with Crippen molar-refractivity contribution < 1.29 is 13.2 Å². The largest absolute Gasteiger partial charge is 0.354 e. The Hall–Kier alpha value is -1.76. The van der Waals surface area contributed by atoms with Crippen molar-refractivity contribution in [3.05, 3.63) is 64.1 Å². The van der Waals surface area contributed by atoms with Crippen LogP contribution in [-0.4, -0.2) is 33.2 Å². The van der Waals surface area contributed by atoms with E-state index >= 15 is 0 Å². The summed E-state index contributed by atoms with van der Waals surface area (Å²) in [5.41, 5.74) is 1.54. The summed E-state index contributed by atoms with van der Waals surface area (Å²) in [6.45, 7) is 2.24. The van der Waals surface area contributed by atoms with Gasteiger partial charge in [-0.1, -0.05) is 42.3 Å². The Kier molecular flexibility index (Phi) is 8.16. The predicted octanol–water partition coefficient (Wildman–Crippen LogP) is 4.29. The first-order chi connectivity index (χ1) is 13.2. The van der Waals surface area contributed by atoms with Gasteiger partial charge in [0, 0.05) is 16.6 Å². The van der Waals surface area contributed by atoms with Crippen LogP contribution in [0.15, 0.2) is 48.5 Å². The number of benzene rings is 2. The van der Waals surface area contributed by atoms with Crippen LogP contribution in [-0.2, 0) is 21.2 Å². The molecule has 0 fully saturated rings. The third-order valence-electron chi connectivity index (χ3n) is 4.27. The van der Waals surface area contributed by atoms with Crippen molar-refractivity contribution in [3.8, 4) is 0 Å². The van der Waals surface area contributed by atoms with Crippen LogP contribution in [0.1, 0.15) is 25.3 Å². The minimum absolute atomic E-state index is 0.320. The number of anilines is 1. The SMILES string of the molecule is CCC(C(=O)NCCCc1ccc(Cl)cc1)N(c1ccc(Cl)cc1)S(C)(=O)=O. The van der Waals surface area contributed by atoms with Crippen LogP contribution in [0.4, 0.5) is 5.69 Å². The number of nitrogens with zero attached hydrogens (tertiary/aromatic N) is 1. The molecule has 0 heterocycles. The van der Waals surface area contributed by atoms with Crippen molar-refractivity contribution in [2.24, 2.45) is 0 Å². The van der Waals surface area contributed by atoms with Gasteiger partial charge >= 0.3 is 0 Å². The van der Waals surface area contributed by atoms with E-state index in [1.807, 2.05) is 24.3 Å². The maximum atomic E-state index is 12.7. The number of rotatable bonds is 9. The van der Waals surface area contributed by atoms with E-state index in [0.29, 0.717) is 28.7 Å². The molecule has 0 saturated carbocycles. The van der Waals surface area contributed by atoms with E-state index < -0.39 is 16.1 Å². The highest BCUT2D eigenvalue weighted by Crippen LogP contribution is 2.24. The maximum Gasteiger partial charge on any atom is 0.243 e. The second-order valence-corrected chi connectivity index (χ2v) is 9.21. The van der Waals surface area contributed by atoms with Crippen molar-refractivity contribution in [2.45, 2.75) is 32.2 Å². The lowest BCUT2D eigenvalue weighted by atomic mass is 10.1. The Labute approximate surface area is 176 Å². The molecule has 0 aliphatic carbocycles. The molecular formula is C20H24Cl2N2O3S. The van der Waals surface area contributed by atoms with Gasteiger partial charge in [-0.3, -0.25) is 9.10 Å². The van der Waals surface area contributed by atoms with Crippen LogP contribution < -0.4 is 9.62 Å². The van der Waals surface area contributed by atoms with Gasteiger partial charge in [0.15, 0.2) is 0 Å². The summed E-state index contributed by atoms with van der Waals surface area (Å²) in [7, 11) is -3.65. The summed E-state index contributed by atoms with van der Waals surface area (Å²) >= 11 is 11.8. The number of hydrogen-bond acceptors (Lipinski definition) is 3.